The van der Waals surface area contributed by atoms with E-state index in [1.807, 2.05) is 19.1 Å². The van der Waals surface area contributed by atoms with Crippen molar-refractivity contribution >= 4 is 29.9 Å². The van der Waals surface area contributed by atoms with Crippen molar-refractivity contribution in [2.45, 2.75) is 51.7 Å². The number of hydrogen-bond acceptors (Lipinski definition) is 2. The highest BCUT2D eigenvalue weighted by Crippen LogP contribution is 2.26. The molecule has 2 unspecified atom stereocenters. The van der Waals surface area contributed by atoms with Crippen molar-refractivity contribution in [1.29, 1.82) is 0 Å². The van der Waals surface area contributed by atoms with Crippen LogP contribution in [0.3, 0.4) is 0 Å². The van der Waals surface area contributed by atoms with Crippen molar-refractivity contribution in [2.24, 2.45) is 4.99 Å². The van der Waals surface area contributed by atoms with Crippen LogP contribution in [-0.4, -0.2) is 43.6 Å². The van der Waals surface area contributed by atoms with Gasteiger partial charge in [-0.05, 0) is 57.9 Å². The van der Waals surface area contributed by atoms with Gasteiger partial charge in [0.1, 0.15) is 5.82 Å². The number of likely N-dealkylation sites (N-methyl/N-ethyl adjacent to an activating group) is 1. The summed E-state index contributed by atoms with van der Waals surface area (Å²) in [4.78, 5) is 6.68. The molecule has 2 atom stereocenters. The molecule has 136 valence electrons. The lowest BCUT2D eigenvalue weighted by molar-refractivity contribution is 0.247. The first kappa shape index (κ1) is 21.2. The van der Waals surface area contributed by atoms with Gasteiger partial charge in [0.25, 0.3) is 0 Å². The molecule has 6 heteroatoms. The number of nitrogens with one attached hydrogen (secondary N) is 2. The lowest BCUT2D eigenvalue weighted by Gasteiger charge is -2.26. The van der Waals surface area contributed by atoms with Crippen molar-refractivity contribution < 1.29 is 4.39 Å². The molecule has 1 aromatic carbocycles. The van der Waals surface area contributed by atoms with Crippen LogP contribution in [0, 0.1) is 12.7 Å². The summed E-state index contributed by atoms with van der Waals surface area (Å²) in [6.45, 7) is 6.84. The lowest BCUT2D eigenvalue weighted by Crippen LogP contribution is -2.46. The van der Waals surface area contributed by atoms with Crippen LogP contribution in [0.5, 0.6) is 0 Å². The van der Waals surface area contributed by atoms with E-state index in [2.05, 4.69) is 34.5 Å². The van der Waals surface area contributed by atoms with Gasteiger partial charge in [-0.25, -0.2) is 4.39 Å². The van der Waals surface area contributed by atoms with Gasteiger partial charge in [-0.3, -0.25) is 9.89 Å². The molecule has 1 aliphatic rings. The summed E-state index contributed by atoms with van der Waals surface area (Å²) < 4.78 is 13.7. The normalized spacial score (nSPS) is 17.2. The maximum atomic E-state index is 13.7. The standard InChI is InChI=1S/C18H29FN4.HI/c1-12-6-7-15(10-17(12)19)14(3)22-18(20-4)21-11-13(2)23(5)16-8-9-16;/h6-7,10,13-14,16H,8-9,11H2,1-5H3,(H2,20,21,22);1H. The Morgan fingerprint density at radius 1 is 1.38 bits per heavy atom. The van der Waals surface area contributed by atoms with Crippen LogP contribution < -0.4 is 10.6 Å². The van der Waals surface area contributed by atoms with Gasteiger partial charge in [-0.1, -0.05) is 12.1 Å². The average Bonchev–Trinajstić information content (AvgIpc) is 3.37. The smallest absolute Gasteiger partial charge is 0.191 e. The Morgan fingerprint density at radius 2 is 2.04 bits per heavy atom. The molecule has 1 aliphatic carbocycles. The van der Waals surface area contributed by atoms with Gasteiger partial charge < -0.3 is 10.6 Å². The number of benzene rings is 1. The topological polar surface area (TPSA) is 39.7 Å². The zero-order chi connectivity index (χ0) is 17.0. The Bertz CT molecular complexity index is 560. The first-order chi connectivity index (χ1) is 10.9. The van der Waals surface area contributed by atoms with Crippen molar-refractivity contribution in [3.05, 3.63) is 35.1 Å². The zero-order valence-corrected chi connectivity index (χ0v) is 17.6. The summed E-state index contributed by atoms with van der Waals surface area (Å²) in [7, 11) is 3.94. The van der Waals surface area contributed by atoms with Crippen LogP contribution in [-0.2, 0) is 0 Å². The van der Waals surface area contributed by atoms with Crippen LogP contribution in [0.2, 0.25) is 0 Å². The van der Waals surface area contributed by atoms with Crippen LogP contribution in [0.1, 0.15) is 43.9 Å². The molecule has 0 spiro atoms. The van der Waals surface area contributed by atoms with Crippen LogP contribution in [0.4, 0.5) is 4.39 Å². The van der Waals surface area contributed by atoms with E-state index in [-0.39, 0.29) is 35.8 Å². The molecule has 0 amide bonds. The Morgan fingerprint density at radius 3 is 2.58 bits per heavy atom. The monoisotopic (exact) mass is 448 g/mol. The molecule has 0 saturated heterocycles. The van der Waals surface area contributed by atoms with Crippen LogP contribution in [0.25, 0.3) is 0 Å². The molecular formula is C18H30FIN4. The van der Waals surface area contributed by atoms with E-state index in [4.69, 9.17) is 0 Å². The molecular weight excluding hydrogens is 418 g/mol. The molecule has 4 nitrogen and oxygen atoms in total. The van der Waals surface area contributed by atoms with E-state index in [0.29, 0.717) is 11.6 Å². The number of guanidine groups is 1. The molecule has 1 saturated carbocycles. The largest absolute Gasteiger partial charge is 0.355 e. The summed E-state index contributed by atoms with van der Waals surface area (Å²) in [6, 6.07) is 6.54. The van der Waals surface area contributed by atoms with Gasteiger partial charge in [-0.15, -0.1) is 24.0 Å². The molecule has 0 bridgehead atoms. The average molecular weight is 448 g/mol. The number of hydrogen-bond donors (Lipinski definition) is 2. The molecule has 0 radical (unpaired) electrons. The number of aliphatic imine (C=N–C) groups is 1. The fraction of sp³-hybridized carbons (Fsp3) is 0.611. The van der Waals surface area contributed by atoms with Gasteiger partial charge in [0.05, 0.1) is 6.04 Å². The Balaban J connectivity index is 0.00000288. The molecule has 0 aromatic heterocycles. The Labute approximate surface area is 162 Å². The van der Waals surface area contributed by atoms with E-state index >= 15 is 0 Å². The molecule has 1 aromatic rings. The predicted molar refractivity (Wildman–Crippen MR) is 110 cm³/mol. The fourth-order valence-electron chi connectivity index (χ4n) is 2.59. The van der Waals surface area contributed by atoms with E-state index in [1.54, 1.807) is 20.0 Å². The van der Waals surface area contributed by atoms with Gasteiger partial charge >= 0.3 is 0 Å². The Hall–Kier alpha value is -0.890. The SMILES string of the molecule is CN=C(NCC(C)N(C)C1CC1)NC(C)c1ccc(C)c(F)c1.I. The summed E-state index contributed by atoms with van der Waals surface area (Å²) in [5.41, 5.74) is 1.58. The molecule has 2 N–H and O–H groups in total. The summed E-state index contributed by atoms with van der Waals surface area (Å²) in [5, 5.41) is 6.69. The van der Waals surface area contributed by atoms with Crippen LogP contribution >= 0.6 is 24.0 Å². The number of nitrogens with zero attached hydrogens (tertiary/aromatic N) is 2. The predicted octanol–water partition coefficient (Wildman–Crippen LogP) is 3.46. The van der Waals surface area contributed by atoms with Crippen molar-refractivity contribution in [3.8, 4) is 0 Å². The lowest BCUT2D eigenvalue weighted by atomic mass is 10.1. The first-order valence-electron chi connectivity index (χ1n) is 8.37. The highest BCUT2D eigenvalue weighted by Gasteiger charge is 2.29. The second kappa shape index (κ2) is 9.56. The quantitative estimate of drug-likeness (QED) is 0.398. The van der Waals surface area contributed by atoms with E-state index in [1.165, 1.54) is 12.8 Å². The zero-order valence-electron chi connectivity index (χ0n) is 15.3. The van der Waals surface area contributed by atoms with E-state index in [9.17, 15) is 4.39 Å². The maximum absolute atomic E-state index is 13.7. The van der Waals surface area contributed by atoms with Gasteiger partial charge in [0.15, 0.2) is 5.96 Å². The fourth-order valence-corrected chi connectivity index (χ4v) is 2.59. The highest BCUT2D eigenvalue weighted by atomic mass is 127. The molecule has 2 rings (SSSR count). The maximum Gasteiger partial charge on any atom is 0.191 e. The second-order valence-electron chi connectivity index (χ2n) is 6.57. The minimum Gasteiger partial charge on any atom is -0.355 e. The number of aryl methyl sites for hydroxylation is 1. The number of rotatable bonds is 6. The van der Waals surface area contributed by atoms with Crippen molar-refractivity contribution in [2.75, 3.05) is 20.6 Å². The van der Waals surface area contributed by atoms with Crippen molar-refractivity contribution in [3.63, 3.8) is 0 Å². The molecule has 24 heavy (non-hydrogen) atoms. The third-order valence-corrected chi connectivity index (χ3v) is 4.66. The second-order valence-corrected chi connectivity index (χ2v) is 6.57. The number of halogens is 2. The van der Waals surface area contributed by atoms with E-state index < -0.39 is 0 Å². The van der Waals surface area contributed by atoms with Crippen LogP contribution in [0.15, 0.2) is 23.2 Å². The summed E-state index contributed by atoms with van der Waals surface area (Å²) in [5.74, 6) is 0.577. The molecule has 1 fully saturated rings. The van der Waals surface area contributed by atoms with Gasteiger partial charge in [0.2, 0.25) is 0 Å². The third kappa shape index (κ3) is 5.88. The molecule has 0 aliphatic heterocycles. The van der Waals surface area contributed by atoms with Gasteiger partial charge in [-0.2, -0.15) is 0 Å². The highest BCUT2D eigenvalue weighted by molar-refractivity contribution is 14.0. The first-order valence-corrected chi connectivity index (χ1v) is 8.37. The van der Waals surface area contributed by atoms with Crippen molar-refractivity contribution in [1.82, 2.24) is 15.5 Å². The minimum atomic E-state index is -0.168. The third-order valence-electron chi connectivity index (χ3n) is 4.66. The summed E-state index contributed by atoms with van der Waals surface area (Å²) in [6.07, 6.45) is 2.62. The van der Waals surface area contributed by atoms with E-state index in [0.717, 1.165) is 24.1 Å². The Kier molecular flexibility index (Phi) is 8.42. The minimum absolute atomic E-state index is 0. The molecule has 0 heterocycles. The van der Waals surface area contributed by atoms with Gasteiger partial charge in [0, 0.05) is 25.7 Å². The summed E-state index contributed by atoms with van der Waals surface area (Å²) >= 11 is 0.